The number of anilines is 1. The SMILES string of the molecule is C[C@H](CN(C)C)[C@](Cc1ccccc1)(OC(=O)NCC(=O)Nc1c(O)ccc2c1Oc1cc(O)ccc1C21OC(=O)c2ccccc21)c1ccccc1. The Bertz CT molecular complexity index is 2190. The third kappa shape index (κ3) is 6.40. The summed E-state index contributed by atoms with van der Waals surface area (Å²) in [5, 5.41) is 26.7. The molecule has 11 nitrogen and oxygen atoms in total. The molecule has 0 saturated carbocycles. The third-order valence-electron chi connectivity index (χ3n) is 9.78. The minimum atomic E-state index is -1.50. The highest BCUT2D eigenvalue weighted by molar-refractivity contribution is 5.99. The summed E-state index contributed by atoms with van der Waals surface area (Å²) in [6.07, 6.45) is -0.417. The second-order valence-electron chi connectivity index (χ2n) is 13.6. The molecule has 0 saturated heterocycles. The fraction of sp³-hybridized carbons (Fsp3) is 0.214. The lowest BCUT2D eigenvalue weighted by Crippen LogP contribution is -2.47. The zero-order valence-corrected chi connectivity index (χ0v) is 29.5. The second-order valence-corrected chi connectivity index (χ2v) is 13.6. The fourth-order valence-electron chi connectivity index (χ4n) is 7.44. The van der Waals surface area contributed by atoms with Crippen LogP contribution in [-0.2, 0) is 31.9 Å². The molecule has 2 aliphatic heterocycles. The van der Waals surface area contributed by atoms with E-state index in [1.165, 1.54) is 18.2 Å². The molecule has 7 rings (SSSR count). The normalized spacial score (nSPS) is 17.0. The van der Waals surface area contributed by atoms with Crippen LogP contribution in [0.3, 0.4) is 0 Å². The number of carbonyl (C=O) groups is 3. The van der Waals surface area contributed by atoms with Crippen LogP contribution in [0.2, 0.25) is 0 Å². The lowest BCUT2D eigenvalue weighted by atomic mass is 9.77. The molecule has 270 valence electrons. The van der Waals surface area contributed by atoms with Gasteiger partial charge in [0.1, 0.15) is 35.1 Å². The summed E-state index contributed by atoms with van der Waals surface area (Å²) in [7, 11) is 3.92. The number of phenolic OH excluding ortho intramolecular Hbond substituents is 2. The van der Waals surface area contributed by atoms with Gasteiger partial charge < -0.3 is 40.0 Å². The number of carbonyl (C=O) groups excluding carboxylic acids is 3. The smallest absolute Gasteiger partial charge is 0.408 e. The molecule has 1 spiro atoms. The van der Waals surface area contributed by atoms with E-state index in [0.29, 0.717) is 35.2 Å². The van der Waals surface area contributed by atoms with Crippen LogP contribution < -0.4 is 15.4 Å². The Kier molecular flexibility index (Phi) is 9.27. The number of amides is 2. The Morgan fingerprint density at radius 1 is 0.868 bits per heavy atom. The van der Waals surface area contributed by atoms with E-state index >= 15 is 0 Å². The summed E-state index contributed by atoms with van der Waals surface area (Å²) < 4.78 is 18.7. The number of benzene rings is 5. The van der Waals surface area contributed by atoms with Crippen molar-refractivity contribution in [1.82, 2.24) is 10.2 Å². The maximum absolute atomic E-state index is 13.7. The molecular weight excluding hydrogens is 674 g/mol. The Morgan fingerprint density at radius 2 is 1.55 bits per heavy atom. The number of nitrogens with one attached hydrogen (secondary N) is 2. The van der Waals surface area contributed by atoms with Crippen LogP contribution in [0, 0.1) is 5.92 Å². The molecule has 0 aliphatic carbocycles. The Morgan fingerprint density at radius 3 is 2.28 bits per heavy atom. The fourth-order valence-corrected chi connectivity index (χ4v) is 7.44. The van der Waals surface area contributed by atoms with E-state index in [1.807, 2.05) is 86.6 Å². The van der Waals surface area contributed by atoms with Gasteiger partial charge in [0.2, 0.25) is 5.91 Å². The number of nitrogens with zero attached hydrogens (tertiary/aromatic N) is 1. The summed E-state index contributed by atoms with van der Waals surface area (Å²) in [5.74, 6) is -1.70. The van der Waals surface area contributed by atoms with Crippen LogP contribution >= 0.6 is 0 Å². The van der Waals surface area contributed by atoms with Gasteiger partial charge in [0.05, 0.1) is 11.1 Å². The van der Waals surface area contributed by atoms with Gasteiger partial charge in [-0.15, -0.1) is 0 Å². The van der Waals surface area contributed by atoms with Crippen molar-refractivity contribution in [3.63, 3.8) is 0 Å². The van der Waals surface area contributed by atoms with E-state index in [0.717, 1.165) is 11.1 Å². The highest BCUT2D eigenvalue weighted by atomic mass is 16.6. The number of hydrogen-bond acceptors (Lipinski definition) is 9. The minimum Gasteiger partial charge on any atom is -0.508 e. The lowest BCUT2D eigenvalue weighted by molar-refractivity contribution is -0.115. The standard InChI is InChI=1S/C42H39N3O8/c1-26(25-45(2)3)41(28-14-8-5-9-15-28,23-27-12-6-4-7-13-27)53-40(50)43-24-36(48)44-37-34(47)21-20-33-38(37)51-35-22-29(46)18-19-32(35)42(33)31-17-11-10-16-30(31)39(49)52-42/h4-22,26,46-47H,23-25H2,1-3H3,(H,43,50)(H,44,48)/t26-,41+,42?/m1/s1. The van der Waals surface area contributed by atoms with Crippen molar-refractivity contribution >= 4 is 23.7 Å². The number of hydrogen-bond donors (Lipinski definition) is 4. The van der Waals surface area contributed by atoms with Crippen molar-refractivity contribution < 1.29 is 38.8 Å². The summed E-state index contributed by atoms with van der Waals surface area (Å²) in [4.78, 5) is 42.5. The van der Waals surface area contributed by atoms with E-state index in [1.54, 1.807) is 36.4 Å². The molecule has 1 unspecified atom stereocenters. The van der Waals surface area contributed by atoms with Crippen LogP contribution in [0.5, 0.6) is 23.0 Å². The van der Waals surface area contributed by atoms with Crippen molar-refractivity contribution in [3.8, 4) is 23.0 Å². The molecular formula is C42H39N3O8. The Balaban J connectivity index is 1.17. The first-order valence-electron chi connectivity index (χ1n) is 17.2. The first-order chi connectivity index (χ1) is 25.5. The molecule has 2 heterocycles. The lowest BCUT2D eigenvalue weighted by Gasteiger charge is -2.40. The monoisotopic (exact) mass is 713 g/mol. The predicted octanol–water partition coefficient (Wildman–Crippen LogP) is 6.67. The average Bonchev–Trinajstić information content (AvgIpc) is 3.44. The number of phenols is 2. The second kappa shape index (κ2) is 14.0. The maximum atomic E-state index is 13.7. The molecule has 53 heavy (non-hydrogen) atoms. The number of esters is 1. The highest BCUT2D eigenvalue weighted by Gasteiger charge is 2.54. The summed E-state index contributed by atoms with van der Waals surface area (Å²) >= 11 is 0. The van der Waals surface area contributed by atoms with E-state index < -0.39 is 35.7 Å². The molecule has 0 bridgehead atoms. The number of aromatic hydroxyl groups is 2. The molecule has 0 aromatic heterocycles. The van der Waals surface area contributed by atoms with Crippen LogP contribution in [0.1, 0.15) is 45.1 Å². The van der Waals surface area contributed by atoms with Crippen molar-refractivity contribution in [2.24, 2.45) is 5.92 Å². The van der Waals surface area contributed by atoms with Crippen LogP contribution in [-0.4, -0.2) is 60.3 Å². The van der Waals surface area contributed by atoms with Gasteiger partial charge in [-0.25, -0.2) is 9.59 Å². The largest absolute Gasteiger partial charge is 0.508 e. The predicted molar refractivity (Wildman–Crippen MR) is 197 cm³/mol. The molecule has 2 aliphatic rings. The third-order valence-corrected chi connectivity index (χ3v) is 9.78. The topological polar surface area (TPSA) is 147 Å². The minimum absolute atomic E-state index is 0.00648. The van der Waals surface area contributed by atoms with Gasteiger partial charge in [-0.2, -0.15) is 0 Å². The zero-order chi connectivity index (χ0) is 37.3. The Hall–Kier alpha value is -6.33. The van der Waals surface area contributed by atoms with Crippen LogP contribution in [0.4, 0.5) is 10.5 Å². The summed E-state index contributed by atoms with van der Waals surface area (Å²) in [6, 6.07) is 33.6. The number of rotatable bonds is 10. The Labute approximate surface area is 306 Å². The molecule has 5 aromatic carbocycles. The van der Waals surface area contributed by atoms with Crippen LogP contribution in [0.15, 0.2) is 115 Å². The van der Waals surface area contributed by atoms with Crippen LogP contribution in [0.25, 0.3) is 0 Å². The van der Waals surface area contributed by atoms with Gasteiger partial charge in [0, 0.05) is 36.1 Å². The van der Waals surface area contributed by atoms with Crippen molar-refractivity contribution in [2.45, 2.75) is 24.5 Å². The first kappa shape index (κ1) is 35.1. The molecule has 4 N–H and O–H groups in total. The zero-order valence-electron chi connectivity index (χ0n) is 29.5. The number of fused-ring (bicyclic) bond motifs is 6. The van der Waals surface area contributed by atoms with Crippen molar-refractivity contribution in [3.05, 3.63) is 149 Å². The molecule has 11 heteroatoms. The summed E-state index contributed by atoms with van der Waals surface area (Å²) in [5.41, 5.74) is 0.758. The molecule has 0 fully saturated rings. The summed E-state index contributed by atoms with van der Waals surface area (Å²) in [6.45, 7) is 2.12. The number of ether oxygens (including phenoxy) is 3. The quantitative estimate of drug-likeness (QED) is 0.0921. The van der Waals surface area contributed by atoms with Gasteiger partial charge in [-0.05, 0) is 55.6 Å². The molecule has 2 amide bonds. The van der Waals surface area contributed by atoms with Crippen molar-refractivity contribution in [1.29, 1.82) is 0 Å². The maximum Gasteiger partial charge on any atom is 0.408 e. The van der Waals surface area contributed by atoms with E-state index in [4.69, 9.17) is 14.2 Å². The average molecular weight is 714 g/mol. The van der Waals surface area contributed by atoms with Crippen molar-refractivity contribution in [2.75, 3.05) is 32.5 Å². The van der Waals surface area contributed by atoms with E-state index in [2.05, 4.69) is 10.6 Å². The van der Waals surface area contributed by atoms with Gasteiger partial charge >= 0.3 is 12.1 Å². The molecule has 0 radical (unpaired) electrons. The molecule has 3 atom stereocenters. The van der Waals surface area contributed by atoms with Gasteiger partial charge in [0.25, 0.3) is 0 Å². The molecule has 5 aromatic rings. The van der Waals surface area contributed by atoms with Gasteiger partial charge in [0.15, 0.2) is 11.4 Å². The van der Waals surface area contributed by atoms with E-state index in [-0.39, 0.29) is 34.6 Å². The first-order valence-corrected chi connectivity index (χ1v) is 17.2. The van der Waals surface area contributed by atoms with Gasteiger partial charge in [-0.1, -0.05) is 85.8 Å². The van der Waals surface area contributed by atoms with Gasteiger partial charge in [-0.3, -0.25) is 4.79 Å². The number of alkyl carbamates (subject to hydrolysis) is 1. The highest BCUT2D eigenvalue weighted by Crippen LogP contribution is 2.59. The van der Waals surface area contributed by atoms with E-state index in [9.17, 15) is 24.6 Å².